The van der Waals surface area contributed by atoms with Crippen molar-refractivity contribution < 1.29 is 39.2 Å². The Morgan fingerprint density at radius 2 is 1.58 bits per heavy atom. The Hall–Kier alpha value is -4.80. The fraction of sp³-hybridized carbons (Fsp3) is 0.0909. The Morgan fingerprint density at radius 1 is 0.939 bits per heavy atom. The zero-order chi connectivity index (χ0) is 24.3. The molecule has 0 aliphatic heterocycles. The van der Waals surface area contributed by atoms with E-state index < -0.39 is 52.1 Å². The van der Waals surface area contributed by atoms with Gasteiger partial charge in [0, 0.05) is 11.1 Å². The van der Waals surface area contributed by atoms with Gasteiger partial charge in [0.15, 0.2) is 11.5 Å². The molecule has 0 aliphatic carbocycles. The van der Waals surface area contributed by atoms with Gasteiger partial charge < -0.3 is 35.5 Å². The molecular weight excluding hydrogens is 436 g/mol. The number of nitrogens with one attached hydrogen (secondary N) is 1. The maximum Gasteiger partial charge on any atom is 0.349 e. The number of aromatic carboxylic acids is 2. The van der Waals surface area contributed by atoms with Crippen molar-refractivity contribution in [1.82, 2.24) is 4.98 Å². The molecule has 1 heterocycles. The average Bonchev–Trinajstić information content (AvgIpc) is 2.76. The highest BCUT2D eigenvalue weighted by Gasteiger charge is 2.28. The highest BCUT2D eigenvalue weighted by atomic mass is 16.5. The third-order valence-electron chi connectivity index (χ3n) is 4.70. The smallest absolute Gasteiger partial charge is 0.349 e. The molecule has 0 fully saturated rings. The van der Waals surface area contributed by atoms with E-state index in [-0.39, 0.29) is 17.1 Å². The number of hydrogen-bond donors (Lipinski definition) is 5. The van der Waals surface area contributed by atoms with Crippen molar-refractivity contribution in [2.75, 3.05) is 12.8 Å². The molecule has 1 unspecified atom stereocenters. The largest absolute Gasteiger partial charge is 0.493 e. The first-order valence-electron chi connectivity index (χ1n) is 9.30. The maximum atomic E-state index is 12.3. The van der Waals surface area contributed by atoms with Crippen molar-refractivity contribution >= 4 is 23.7 Å². The zero-order valence-electron chi connectivity index (χ0n) is 17.1. The SMILES string of the molecule is COc1ccc(-c2c(C(=O)O)c(N)[nH]c(=O)c2C(=O)O)cc1OC(C(=O)O)c1ccccc1. The molecule has 11 nitrogen and oxygen atoms in total. The lowest BCUT2D eigenvalue weighted by Crippen LogP contribution is -2.24. The van der Waals surface area contributed by atoms with E-state index in [2.05, 4.69) is 0 Å². The summed E-state index contributed by atoms with van der Waals surface area (Å²) in [5.41, 5.74) is 2.86. The van der Waals surface area contributed by atoms with Crippen molar-refractivity contribution in [2.45, 2.75) is 6.10 Å². The van der Waals surface area contributed by atoms with Crippen LogP contribution in [0.25, 0.3) is 11.1 Å². The molecule has 2 aromatic carbocycles. The lowest BCUT2D eigenvalue weighted by Gasteiger charge is -2.19. The summed E-state index contributed by atoms with van der Waals surface area (Å²) >= 11 is 0. The van der Waals surface area contributed by atoms with E-state index in [0.29, 0.717) is 5.56 Å². The van der Waals surface area contributed by atoms with E-state index in [1.807, 2.05) is 4.98 Å². The number of pyridine rings is 1. The summed E-state index contributed by atoms with van der Waals surface area (Å²) in [7, 11) is 1.30. The van der Waals surface area contributed by atoms with E-state index in [4.69, 9.17) is 15.2 Å². The molecule has 3 rings (SSSR count). The van der Waals surface area contributed by atoms with Gasteiger partial charge in [-0.25, -0.2) is 14.4 Å². The number of nitrogen functional groups attached to an aromatic ring is 1. The van der Waals surface area contributed by atoms with Crippen LogP contribution in [0.1, 0.15) is 32.4 Å². The summed E-state index contributed by atoms with van der Waals surface area (Å²) < 4.78 is 10.9. The van der Waals surface area contributed by atoms with Crippen LogP contribution in [0.4, 0.5) is 5.82 Å². The molecule has 0 radical (unpaired) electrons. The normalized spacial score (nSPS) is 11.4. The number of rotatable bonds is 8. The van der Waals surface area contributed by atoms with Crippen LogP contribution >= 0.6 is 0 Å². The highest BCUT2D eigenvalue weighted by molar-refractivity contribution is 6.07. The lowest BCUT2D eigenvalue weighted by atomic mass is 9.95. The molecule has 0 amide bonds. The number of ether oxygens (including phenoxy) is 2. The topological polar surface area (TPSA) is 189 Å². The number of carbonyl (C=O) groups is 3. The van der Waals surface area contributed by atoms with Crippen LogP contribution in [0, 0.1) is 0 Å². The van der Waals surface area contributed by atoms with Crippen molar-refractivity contribution in [3.05, 3.63) is 75.6 Å². The van der Waals surface area contributed by atoms with Gasteiger partial charge in [-0.3, -0.25) is 4.79 Å². The van der Waals surface area contributed by atoms with E-state index in [9.17, 15) is 34.5 Å². The number of aromatic nitrogens is 1. The highest BCUT2D eigenvalue weighted by Crippen LogP contribution is 2.38. The van der Waals surface area contributed by atoms with Gasteiger partial charge in [-0.2, -0.15) is 0 Å². The molecule has 6 N–H and O–H groups in total. The summed E-state index contributed by atoms with van der Waals surface area (Å²) in [5, 5.41) is 28.8. The minimum Gasteiger partial charge on any atom is -0.493 e. The van der Waals surface area contributed by atoms with Crippen LogP contribution in [0.3, 0.4) is 0 Å². The van der Waals surface area contributed by atoms with E-state index in [1.165, 1.54) is 37.4 Å². The predicted molar refractivity (Wildman–Crippen MR) is 115 cm³/mol. The lowest BCUT2D eigenvalue weighted by molar-refractivity contribution is -0.145. The molecule has 0 spiro atoms. The van der Waals surface area contributed by atoms with Crippen LogP contribution < -0.4 is 20.8 Å². The third-order valence-corrected chi connectivity index (χ3v) is 4.70. The Morgan fingerprint density at radius 3 is 2.12 bits per heavy atom. The predicted octanol–water partition coefficient (Wildman–Crippen LogP) is 2.23. The van der Waals surface area contributed by atoms with Crippen LogP contribution in [0.2, 0.25) is 0 Å². The number of aliphatic carboxylic acids is 1. The first-order chi connectivity index (χ1) is 15.6. The summed E-state index contributed by atoms with van der Waals surface area (Å²) in [4.78, 5) is 49.7. The molecule has 0 saturated carbocycles. The van der Waals surface area contributed by atoms with Gasteiger partial charge in [-0.15, -0.1) is 0 Å². The van der Waals surface area contributed by atoms with E-state index in [0.717, 1.165) is 0 Å². The van der Waals surface area contributed by atoms with Gasteiger partial charge in [0.2, 0.25) is 6.10 Å². The molecule has 0 saturated heterocycles. The number of anilines is 1. The van der Waals surface area contributed by atoms with E-state index in [1.54, 1.807) is 18.2 Å². The second-order valence-electron chi connectivity index (χ2n) is 6.72. The van der Waals surface area contributed by atoms with Crippen LogP contribution in [0.15, 0.2) is 53.3 Å². The Balaban J connectivity index is 2.25. The number of carboxylic acid groups (broad SMARTS) is 3. The Kier molecular flexibility index (Phi) is 6.34. The van der Waals surface area contributed by atoms with E-state index >= 15 is 0 Å². The summed E-state index contributed by atoms with van der Waals surface area (Å²) in [6.07, 6.45) is -1.46. The number of benzene rings is 2. The Bertz CT molecular complexity index is 1300. The van der Waals surface area contributed by atoms with Gasteiger partial charge >= 0.3 is 17.9 Å². The second-order valence-corrected chi connectivity index (χ2v) is 6.72. The fourth-order valence-corrected chi connectivity index (χ4v) is 3.28. The standard InChI is InChI=1S/C22H18N2O9/c1-32-12-8-7-11(9-13(12)33-17(22(30)31)10-5-3-2-4-6-10)14-15(20(26)27)18(23)24-19(25)16(14)21(28)29/h2-9,17H,1H3,(H,26,27)(H,28,29)(H,30,31)(H3,23,24,25). The van der Waals surface area contributed by atoms with Crippen molar-refractivity contribution in [1.29, 1.82) is 0 Å². The summed E-state index contributed by atoms with van der Waals surface area (Å²) in [6, 6.07) is 11.8. The first kappa shape index (κ1) is 22.9. The van der Waals surface area contributed by atoms with Crippen molar-refractivity contribution in [3.63, 3.8) is 0 Å². The zero-order valence-corrected chi connectivity index (χ0v) is 17.1. The van der Waals surface area contributed by atoms with Gasteiger partial charge in [-0.05, 0) is 17.7 Å². The Labute approximate surface area is 185 Å². The van der Waals surface area contributed by atoms with Crippen LogP contribution in [0.5, 0.6) is 11.5 Å². The molecule has 0 bridgehead atoms. The molecule has 33 heavy (non-hydrogen) atoms. The van der Waals surface area contributed by atoms with Crippen LogP contribution in [-0.2, 0) is 4.79 Å². The number of aromatic amines is 1. The molecule has 0 aliphatic rings. The number of H-pyrrole nitrogens is 1. The monoisotopic (exact) mass is 454 g/mol. The average molecular weight is 454 g/mol. The third kappa shape index (κ3) is 4.46. The second kappa shape index (κ2) is 9.14. The number of hydrogen-bond acceptors (Lipinski definition) is 7. The number of methoxy groups -OCH3 is 1. The van der Waals surface area contributed by atoms with Gasteiger partial charge in [-0.1, -0.05) is 36.4 Å². The number of nitrogens with two attached hydrogens (primary N) is 1. The molecule has 1 atom stereocenters. The van der Waals surface area contributed by atoms with Gasteiger partial charge in [0.1, 0.15) is 16.9 Å². The van der Waals surface area contributed by atoms with Gasteiger partial charge in [0.25, 0.3) is 5.56 Å². The summed E-state index contributed by atoms with van der Waals surface area (Å²) in [5.74, 6) is -5.15. The molecule has 11 heteroatoms. The quantitative estimate of drug-likeness (QED) is 0.337. The van der Waals surface area contributed by atoms with Gasteiger partial charge in [0.05, 0.1) is 7.11 Å². The minimum atomic E-state index is -1.68. The summed E-state index contributed by atoms with van der Waals surface area (Å²) in [6.45, 7) is 0. The molecular formula is C22H18N2O9. The van der Waals surface area contributed by atoms with Crippen molar-refractivity contribution in [2.24, 2.45) is 0 Å². The fourth-order valence-electron chi connectivity index (χ4n) is 3.28. The number of carboxylic acids is 3. The minimum absolute atomic E-state index is 0.0596. The molecule has 1 aromatic heterocycles. The molecule has 170 valence electrons. The molecule has 3 aromatic rings. The van der Waals surface area contributed by atoms with Crippen LogP contribution in [-0.4, -0.2) is 45.3 Å². The van der Waals surface area contributed by atoms with Crippen molar-refractivity contribution in [3.8, 4) is 22.6 Å². The maximum absolute atomic E-state index is 12.3. The first-order valence-corrected chi connectivity index (χ1v) is 9.30.